The first kappa shape index (κ1) is 15.5. The first-order valence-corrected chi connectivity index (χ1v) is 7.92. The smallest absolute Gasteiger partial charge is 0.231 e. The Morgan fingerprint density at radius 1 is 1.04 bits per heavy atom. The molecule has 7 heteroatoms. The monoisotopic (exact) mass is 317 g/mol. The zero-order valence-corrected chi connectivity index (χ0v) is 12.8. The minimum atomic E-state index is -0.694. The molecule has 1 fully saturated rings. The molecule has 0 aliphatic heterocycles. The molecule has 0 amide bonds. The maximum Gasteiger partial charge on any atom is 0.231 e. The predicted octanol–water partition coefficient (Wildman–Crippen LogP) is 3.59. The molecule has 1 aliphatic rings. The van der Waals surface area contributed by atoms with Gasteiger partial charge in [0, 0.05) is 17.8 Å². The number of halogens is 1. The summed E-state index contributed by atoms with van der Waals surface area (Å²) in [4.78, 5) is 12.5. The summed E-state index contributed by atoms with van der Waals surface area (Å²) in [6, 6.07) is 4.42. The number of phenols is 1. The Bertz CT molecular complexity index is 659. The van der Waals surface area contributed by atoms with Crippen LogP contribution < -0.4 is 10.6 Å². The summed E-state index contributed by atoms with van der Waals surface area (Å²) >= 11 is 0. The van der Waals surface area contributed by atoms with Crippen LogP contribution >= 0.6 is 0 Å². The molecule has 0 spiro atoms. The van der Waals surface area contributed by atoms with Gasteiger partial charge in [0.05, 0.1) is 0 Å². The lowest BCUT2D eigenvalue weighted by Crippen LogP contribution is -2.20. The Balaban J connectivity index is 1.67. The average molecular weight is 317 g/mol. The van der Waals surface area contributed by atoms with Crippen molar-refractivity contribution in [1.29, 1.82) is 0 Å². The second kappa shape index (κ2) is 7.21. The molecule has 0 bridgehead atoms. The number of rotatable bonds is 4. The van der Waals surface area contributed by atoms with Gasteiger partial charge in [-0.05, 0) is 25.0 Å². The lowest BCUT2D eigenvalue weighted by molar-refractivity contribution is 0.432. The van der Waals surface area contributed by atoms with Gasteiger partial charge in [0.2, 0.25) is 11.9 Å². The van der Waals surface area contributed by atoms with Crippen LogP contribution in [0.2, 0.25) is 0 Å². The fourth-order valence-electron chi connectivity index (χ4n) is 2.75. The number of phenolic OH excluding ortho intramolecular Hbond substituents is 1. The second-order valence-corrected chi connectivity index (χ2v) is 5.76. The fraction of sp³-hybridized carbons (Fsp3) is 0.438. The van der Waals surface area contributed by atoms with Gasteiger partial charge in [0.1, 0.15) is 6.33 Å². The minimum Gasteiger partial charge on any atom is -0.505 e. The van der Waals surface area contributed by atoms with Gasteiger partial charge >= 0.3 is 0 Å². The molecule has 1 heterocycles. The Hall–Kier alpha value is -2.44. The molecule has 0 unspecified atom stereocenters. The molecule has 0 saturated heterocycles. The van der Waals surface area contributed by atoms with Gasteiger partial charge in [0.15, 0.2) is 11.6 Å². The maximum absolute atomic E-state index is 13.4. The molecule has 3 rings (SSSR count). The van der Waals surface area contributed by atoms with Gasteiger partial charge in [0.25, 0.3) is 0 Å². The van der Waals surface area contributed by atoms with Gasteiger partial charge in [-0.2, -0.15) is 4.98 Å². The van der Waals surface area contributed by atoms with Crippen LogP contribution in [-0.2, 0) is 0 Å². The first-order valence-electron chi connectivity index (χ1n) is 7.92. The fourth-order valence-corrected chi connectivity index (χ4v) is 2.75. The van der Waals surface area contributed by atoms with Crippen LogP contribution in [0.4, 0.5) is 22.0 Å². The second-order valence-electron chi connectivity index (χ2n) is 5.76. The van der Waals surface area contributed by atoms with Gasteiger partial charge in [-0.1, -0.05) is 25.7 Å². The van der Waals surface area contributed by atoms with E-state index in [1.807, 2.05) is 0 Å². The lowest BCUT2D eigenvalue weighted by atomic mass is 10.1. The third-order valence-corrected chi connectivity index (χ3v) is 3.96. The summed E-state index contributed by atoms with van der Waals surface area (Å²) in [6.07, 6.45) is 8.69. The van der Waals surface area contributed by atoms with Gasteiger partial charge in [-0.3, -0.25) is 0 Å². The van der Waals surface area contributed by atoms with Crippen molar-refractivity contribution < 1.29 is 9.50 Å². The van der Waals surface area contributed by atoms with Crippen LogP contribution in [0.25, 0.3) is 0 Å². The molecule has 1 aliphatic carbocycles. The largest absolute Gasteiger partial charge is 0.505 e. The Morgan fingerprint density at radius 2 is 1.78 bits per heavy atom. The maximum atomic E-state index is 13.4. The summed E-state index contributed by atoms with van der Waals surface area (Å²) in [5.74, 6) is -0.224. The van der Waals surface area contributed by atoms with Crippen LogP contribution in [0, 0.1) is 5.82 Å². The molecule has 0 atom stereocenters. The number of aromatic hydroxyl groups is 1. The Kier molecular flexibility index (Phi) is 4.85. The van der Waals surface area contributed by atoms with Crippen molar-refractivity contribution >= 4 is 17.6 Å². The van der Waals surface area contributed by atoms with Gasteiger partial charge in [-0.15, -0.1) is 0 Å². The number of benzene rings is 1. The highest BCUT2D eigenvalue weighted by Gasteiger charge is 2.13. The van der Waals surface area contributed by atoms with Crippen molar-refractivity contribution in [3.05, 3.63) is 30.3 Å². The molecule has 6 nitrogen and oxygen atoms in total. The number of nitrogens with zero attached hydrogens (tertiary/aromatic N) is 3. The van der Waals surface area contributed by atoms with Crippen molar-refractivity contribution in [3.63, 3.8) is 0 Å². The molecule has 1 aromatic heterocycles. The normalized spacial score (nSPS) is 15.9. The van der Waals surface area contributed by atoms with E-state index in [0.717, 1.165) is 12.8 Å². The third-order valence-electron chi connectivity index (χ3n) is 3.96. The number of hydrogen-bond donors (Lipinski definition) is 3. The highest BCUT2D eigenvalue weighted by atomic mass is 19.1. The number of nitrogens with one attached hydrogen (secondary N) is 2. The van der Waals surface area contributed by atoms with E-state index < -0.39 is 5.82 Å². The van der Waals surface area contributed by atoms with Gasteiger partial charge in [-0.25, -0.2) is 14.4 Å². The van der Waals surface area contributed by atoms with Crippen LogP contribution in [0.3, 0.4) is 0 Å². The molecule has 1 aromatic carbocycles. The van der Waals surface area contributed by atoms with Crippen molar-refractivity contribution in [1.82, 2.24) is 15.0 Å². The summed E-state index contributed by atoms with van der Waals surface area (Å²) in [5, 5.41) is 15.5. The molecule has 122 valence electrons. The number of anilines is 3. The van der Waals surface area contributed by atoms with Gasteiger partial charge < -0.3 is 15.7 Å². The van der Waals surface area contributed by atoms with Crippen molar-refractivity contribution in [2.45, 2.75) is 44.6 Å². The molecular weight excluding hydrogens is 297 g/mol. The minimum absolute atomic E-state index is 0.334. The zero-order chi connectivity index (χ0) is 16.1. The molecular formula is C16H20FN5O. The van der Waals surface area contributed by atoms with Crippen molar-refractivity contribution in [3.8, 4) is 5.75 Å². The van der Waals surface area contributed by atoms with Crippen LogP contribution in [0.5, 0.6) is 5.75 Å². The van der Waals surface area contributed by atoms with E-state index >= 15 is 0 Å². The average Bonchev–Trinajstić information content (AvgIpc) is 2.80. The van der Waals surface area contributed by atoms with E-state index in [1.165, 1.54) is 44.1 Å². The first-order chi connectivity index (χ1) is 11.2. The van der Waals surface area contributed by atoms with Crippen LogP contribution in [0.15, 0.2) is 24.5 Å². The van der Waals surface area contributed by atoms with E-state index in [0.29, 0.717) is 23.6 Å². The van der Waals surface area contributed by atoms with Crippen molar-refractivity contribution in [2.24, 2.45) is 0 Å². The molecule has 23 heavy (non-hydrogen) atoms. The number of aromatic nitrogens is 3. The molecule has 1 saturated carbocycles. The van der Waals surface area contributed by atoms with E-state index in [9.17, 15) is 9.50 Å². The molecule has 3 N–H and O–H groups in total. The SMILES string of the molecule is Oc1ccc(Nc2ncnc(NC3CCCCCC3)n2)cc1F. The van der Waals surface area contributed by atoms with Crippen LogP contribution in [-0.4, -0.2) is 26.1 Å². The van der Waals surface area contributed by atoms with Crippen molar-refractivity contribution in [2.75, 3.05) is 10.6 Å². The summed E-state index contributed by atoms with van der Waals surface area (Å²) < 4.78 is 13.4. The quantitative estimate of drug-likeness (QED) is 0.590. The van der Waals surface area contributed by atoms with E-state index in [1.54, 1.807) is 6.07 Å². The predicted molar refractivity (Wildman–Crippen MR) is 86.3 cm³/mol. The summed E-state index contributed by atoms with van der Waals surface area (Å²) in [7, 11) is 0. The highest BCUT2D eigenvalue weighted by Crippen LogP contribution is 2.22. The highest BCUT2D eigenvalue weighted by molar-refractivity contribution is 5.55. The summed E-state index contributed by atoms with van der Waals surface area (Å²) in [5.41, 5.74) is 0.465. The Labute approximate surface area is 134 Å². The third kappa shape index (κ3) is 4.28. The van der Waals surface area contributed by atoms with Crippen LogP contribution in [0.1, 0.15) is 38.5 Å². The Morgan fingerprint density at radius 3 is 2.52 bits per heavy atom. The lowest BCUT2D eigenvalue weighted by Gasteiger charge is -2.16. The molecule has 0 radical (unpaired) electrons. The zero-order valence-electron chi connectivity index (χ0n) is 12.8. The standard InChI is InChI=1S/C16H20FN5O/c17-13-9-12(7-8-14(13)23)21-16-19-10-18-15(22-16)20-11-5-3-1-2-4-6-11/h7-11,23H,1-6H2,(H2,18,19,20,21,22). The van der Waals surface area contributed by atoms with E-state index in [-0.39, 0.29) is 5.75 Å². The summed E-state index contributed by atoms with van der Waals surface area (Å²) in [6.45, 7) is 0. The topological polar surface area (TPSA) is 83.0 Å². The molecule has 2 aromatic rings. The number of hydrogen-bond acceptors (Lipinski definition) is 6. The van der Waals surface area contributed by atoms with E-state index in [4.69, 9.17) is 0 Å². The van der Waals surface area contributed by atoms with E-state index in [2.05, 4.69) is 25.6 Å².